The van der Waals surface area contributed by atoms with E-state index in [1.165, 1.54) is 24.3 Å². The van der Waals surface area contributed by atoms with Gasteiger partial charge in [-0.2, -0.15) is 4.98 Å². The molecule has 1 aromatic heterocycles. The number of carbonyl (C=O) groups is 1. The van der Waals surface area contributed by atoms with Crippen molar-refractivity contribution in [2.45, 2.75) is 6.61 Å². The Labute approximate surface area is 148 Å². The molecule has 0 aliphatic carbocycles. The third-order valence-corrected chi connectivity index (χ3v) is 3.34. The number of aromatic nitrogens is 2. The molecule has 26 heavy (non-hydrogen) atoms. The molecular formula is C18H15FN2O5. The number of halogens is 1. The molecule has 0 atom stereocenters. The summed E-state index contributed by atoms with van der Waals surface area (Å²) >= 11 is 0. The van der Waals surface area contributed by atoms with Gasteiger partial charge in [0.15, 0.2) is 13.2 Å². The van der Waals surface area contributed by atoms with E-state index in [4.69, 9.17) is 18.7 Å². The summed E-state index contributed by atoms with van der Waals surface area (Å²) in [6.45, 7) is -0.507. The molecule has 3 rings (SSSR count). The number of rotatable bonds is 7. The van der Waals surface area contributed by atoms with Crippen LogP contribution in [-0.4, -0.2) is 29.8 Å². The highest BCUT2D eigenvalue weighted by atomic mass is 19.1. The number of methoxy groups -OCH3 is 1. The molecule has 0 aliphatic heterocycles. The van der Waals surface area contributed by atoms with Crippen LogP contribution in [0.2, 0.25) is 0 Å². The molecule has 0 saturated heterocycles. The van der Waals surface area contributed by atoms with Gasteiger partial charge in [0, 0.05) is 0 Å². The van der Waals surface area contributed by atoms with Crippen molar-refractivity contribution in [3.05, 3.63) is 60.2 Å². The van der Waals surface area contributed by atoms with Crippen LogP contribution in [0.25, 0.3) is 11.4 Å². The Morgan fingerprint density at radius 2 is 1.92 bits per heavy atom. The Bertz CT molecular complexity index is 879. The summed E-state index contributed by atoms with van der Waals surface area (Å²) in [5.41, 5.74) is 0.663. The van der Waals surface area contributed by atoms with Crippen LogP contribution in [0.1, 0.15) is 5.89 Å². The number of hydrogen-bond acceptors (Lipinski definition) is 7. The van der Waals surface area contributed by atoms with E-state index in [0.717, 1.165) is 0 Å². The van der Waals surface area contributed by atoms with Crippen molar-refractivity contribution < 1.29 is 27.9 Å². The smallest absolute Gasteiger partial charge is 0.344 e. The van der Waals surface area contributed by atoms with Gasteiger partial charge in [0.25, 0.3) is 5.89 Å². The topological polar surface area (TPSA) is 83.7 Å². The quantitative estimate of drug-likeness (QED) is 0.600. The van der Waals surface area contributed by atoms with E-state index in [9.17, 15) is 9.18 Å². The fourth-order valence-electron chi connectivity index (χ4n) is 2.11. The highest BCUT2D eigenvalue weighted by Crippen LogP contribution is 2.27. The van der Waals surface area contributed by atoms with Gasteiger partial charge < -0.3 is 18.7 Å². The third kappa shape index (κ3) is 4.35. The number of hydrogen-bond donors (Lipinski definition) is 0. The number of benzene rings is 2. The molecule has 7 nitrogen and oxygen atoms in total. The van der Waals surface area contributed by atoms with Crippen molar-refractivity contribution >= 4 is 5.97 Å². The average Bonchev–Trinajstić information content (AvgIpc) is 3.14. The first-order chi connectivity index (χ1) is 12.7. The lowest BCUT2D eigenvalue weighted by Crippen LogP contribution is -2.14. The minimum absolute atomic E-state index is 0.140. The summed E-state index contributed by atoms with van der Waals surface area (Å²) < 4.78 is 33.3. The summed E-state index contributed by atoms with van der Waals surface area (Å²) in [5.74, 6) is 0.426. The van der Waals surface area contributed by atoms with Gasteiger partial charge in [-0.05, 0) is 36.4 Å². The predicted octanol–water partition coefficient (Wildman–Crippen LogP) is 3.01. The van der Waals surface area contributed by atoms with Crippen LogP contribution in [0, 0.1) is 5.82 Å². The zero-order chi connectivity index (χ0) is 18.4. The molecule has 8 heteroatoms. The highest BCUT2D eigenvalue weighted by molar-refractivity contribution is 5.71. The number of esters is 1. The number of ether oxygens (including phenoxy) is 3. The minimum atomic E-state index is -0.619. The van der Waals surface area contributed by atoms with Crippen molar-refractivity contribution in [1.29, 1.82) is 0 Å². The third-order valence-electron chi connectivity index (χ3n) is 3.34. The molecule has 0 aliphatic rings. The maximum absolute atomic E-state index is 12.8. The second-order valence-electron chi connectivity index (χ2n) is 5.12. The van der Waals surface area contributed by atoms with Crippen molar-refractivity contribution in [3.63, 3.8) is 0 Å². The number of para-hydroxylation sites is 1. The highest BCUT2D eigenvalue weighted by Gasteiger charge is 2.14. The van der Waals surface area contributed by atoms with Crippen LogP contribution in [0.15, 0.2) is 53.1 Å². The maximum atomic E-state index is 12.8. The standard InChI is InChI=1S/C18H15FN2O5/c1-23-15-5-3-2-4-14(15)18-20-16(26-21-18)10-25-17(22)11-24-13-8-6-12(19)7-9-13/h2-9H,10-11H2,1H3. The van der Waals surface area contributed by atoms with Gasteiger partial charge >= 0.3 is 5.97 Å². The molecule has 0 saturated carbocycles. The normalized spacial score (nSPS) is 10.4. The van der Waals surface area contributed by atoms with Crippen LogP contribution in [0.4, 0.5) is 4.39 Å². The first kappa shape index (κ1) is 17.4. The average molecular weight is 358 g/mol. The number of carbonyl (C=O) groups excluding carboxylic acids is 1. The first-order valence-corrected chi connectivity index (χ1v) is 7.65. The largest absolute Gasteiger partial charge is 0.496 e. The Morgan fingerprint density at radius 1 is 1.15 bits per heavy atom. The van der Waals surface area contributed by atoms with E-state index in [2.05, 4.69) is 10.1 Å². The fourth-order valence-corrected chi connectivity index (χ4v) is 2.11. The van der Waals surface area contributed by atoms with E-state index in [-0.39, 0.29) is 24.9 Å². The van der Waals surface area contributed by atoms with Crippen molar-refractivity contribution in [2.75, 3.05) is 13.7 Å². The van der Waals surface area contributed by atoms with Gasteiger partial charge in [-0.3, -0.25) is 0 Å². The molecule has 0 N–H and O–H groups in total. The minimum Gasteiger partial charge on any atom is -0.496 e. The molecular weight excluding hydrogens is 343 g/mol. The summed E-state index contributed by atoms with van der Waals surface area (Å²) in [4.78, 5) is 15.9. The van der Waals surface area contributed by atoms with E-state index >= 15 is 0 Å². The second-order valence-corrected chi connectivity index (χ2v) is 5.12. The number of nitrogens with zero attached hydrogens (tertiary/aromatic N) is 2. The Kier molecular flexibility index (Phi) is 5.43. The van der Waals surface area contributed by atoms with Crippen molar-refractivity contribution in [2.24, 2.45) is 0 Å². The molecule has 0 bridgehead atoms. The summed E-state index contributed by atoms with van der Waals surface area (Å²) in [5, 5.41) is 3.85. The molecule has 3 aromatic rings. The lowest BCUT2D eigenvalue weighted by molar-refractivity contribution is -0.148. The molecule has 0 spiro atoms. The van der Waals surface area contributed by atoms with Crippen LogP contribution in [-0.2, 0) is 16.1 Å². The molecule has 0 radical (unpaired) electrons. The summed E-state index contributed by atoms with van der Waals surface area (Å²) in [6, 6.07) is 12.5. The van der Waals surface area contributed by atoms with E-state index in [1.807, 2.05) is 12.1 Å². The van der Waals surface area contributed by atoms with Gasteiger partial charge in [0.05, 0.1) is 12.7 Å². The van der Waals surface area contributed by atoms with Crippen molar-refractivity contribution in [1.82, 2.24) is 10.1 Å². The van der Waals surface area contributed by atoms with E-state index in [0.29, 0.717) is 22.9 Å². The van der Waals surface area contributed by atoms with Crippen LogP contribution < -0.4 is 9.47 Å². The molecule has 2 aromatic carbocycles. The van der Waals surface area contributed by atoms with E-state index < -0.39 is 5.97 Å². The van der Waals surface area contributed by atoms with Gasteiger partial charge in [0.1, 0.15) is 17.3 Å². The van der Waals surface area contributed by atoms with Crippen LogP contribution in [0.5, 0.6) is 11.5 Å². The summed E-state index contributed by atoms with van der Waals surface area (Å²) in [6.07, 6.45) is 0. The van der Waals surface area contributed by atoms with Crippen LogP contribution in [0.3, 0.4) is 0 Å². The molecule has 1 heterocycles. The molecule has 0 fully saturated rings. The predicted molar refractivity (Wildman–Crippen MR) is 88.0 cm³/mol. The molecule has 0 unspecified atom stereocenters. The SMILES string of the molecule is COc1ccccc1-c1noc(COC(=O)COc2ccc(F)cc2)n1. The molecule has 0 amide bonds. The van der Waals surface area contributed by atoms with Crippen LogP contribution >= 0.6 is 0 Å². The van der Waals surface area contributed by atoms with Crippen molar-refractivity contribution in [3.8, 4) is 22.9 Å². The summed E-state index contributed by atoms with van der Waals surface area (Å²) in [7, 11) is 1.54. The Balaban J connectivity index is 1.53. The monoisotopic (exact) mass is 358 g/mol. The maximum Gasteiger partial charge on any atom is 0.344 e. The zero-order valence-electron chi connectivity index (χ0n) is 13.8. The van der Waals surface area contributed by atoms with Gasteiger partial charge in [-0.25, -0.2) is 9.18 Å². The first-order valence-electron chi connectivity index (χ1n) is 7.65. The Morgan fingerprint density at radius 3 is 2.69 bits per heavy atom. The Hall–Kier alpha value is -3.42. The molecule has 134 valence electrons. The zero-order valence-corrected chi connectivity index (χ0v) is 13.8. The second kappa shape index (κ2) is 8.11. The fraction of sp³-hybridized carbons (Fsp3) is 0.167. The van der Waals surface area contributed by atoms with Gasteiger partial charge in [-0.1, -0.05) is 17.3 Å². The van der Waals surface area contributed by atoms with E-state index in [1.54, 1.807) is 19.2 Å². The lowest BCUT2D eigenvalue weighted by atomic mass is 10.2. The van der Waals surface area contributed by atoms with Gasteiger partial charge in [-0.15, -0.1) is 0 Å². The lowest BCUT2D eigenvalue weighted by Gasteiger charge is -2.05. The van der Waals surface area contributed by atoms with Gasteiger partial charge in [0.2, 0.25) is 5.82 Å².